The van der Waals surface area contributed by atoms with Crippen LogP contribution in [0.1, 0.15) is 26.2 Å². The second kappa shape index (κ2) is 6.39. The van der Waals surface area contributed by atoms with Crippen molar-refractivity contribution in [1.29, 1.82) is 0 Å². The molecule has 1 aliphatic carbocycles. The molecule has 0 radical (unpaired) electrons. The van der Waals surface area contributed by atoms with Crippen molar-refractivity contribution in [2.24, 2.45) is 11.8 Å². The Hall–Kier alpha value is -2.37. The number of carboxylic acid groups (broad SMARTS) is 1. The van der Waals surface area contributed by atoms with Gasteiger partial charge in [-0.05, 0) is 43.5 Å². The second-order valence-electron chi connectivity index (χ2n) is 5.29. The van der Waals surface area contributed by atoms with E-state index in [1.54, 1.807) is 24.3 Å². The minimum atomic E-state index is -0.829. The van der Waals surface area contributed by atoms with Gasteiger partial charge in [-0.3, -0.25) is 14.4 Å². The third-order valence-electron chi connectivity index (χ3n) is 3.63. The number of nitrogens with one attached hydrogen (secondary N) is 2. The largest absolute Gasteiger partial charge is 0.481 e. The molecule has 0 spiro atoms. The first-order valence-electron chi connectivity index (χ1n) is 6.87. The van der Waals surface area contributed by atoms with E-state index in [9.17, 15) is 14.4 Å². The Labute approximate surface area is 122 Å². The Kier molecular flexibility index (Phi) is 4.57. The summed E-state index contributed by atoms with van der Waals surface area (Å²) in [6, 6.07) is 6.80. The van der Waals surface area contributed by atoms with Crippen LogP contribution in [0.5, 0.6) is 0 Å². The summed E-state index contributed by atoms with van der Waals surface area (Å²) in [7, 11) is 0. The average molecular weight is 290 g/mol. The summed E-state index contributed by atoms with van der Waals surface area (Å²) in [6.45, 7) is 1.43. The van der Waals surface area contributed by atoms with Gasteiger partial charge in [-0.2, -0.15) is 0 Å². The van der Waals surface area contributed by atoms with Crippen molar-refractivity contribution in [3.8, 4) is 0 Å². The Morgan fingerprint density at radius 2 is 1.52 bits per heavy atom. The van der Waals surface area contributed by atoms with Gasteiger partial charge in [-0.1, -0.05) is 0 Å². The minimum Gasteiger partial charge on any atom is -0.481 e. The van der Waals surface area contributed by atoms with Crippen molar-refractivity contribution in [3.05, 3.63) is 24.3 Å². The van der Waals surface area contributed by atoms with Crippen molar-refractivity contribution in [2.75, 3.05) is 10.6 Å². The van der Waals surface area contributed by atoms with Gasteiger partial charge in [0.15, 0.2) is 0 Å². The molecule has 2 atom stereocenters. The number of carbonyl (C=O) groups excluding carboxylic acids is 2. The van der Waals surface area contributed by atoms with Gasteiger partial charge in [0.1, 0.15) is 0 Å². The normalized spacial score (nSPS) is 20.8. The molecule has 112 valence electrons. The molecule has 1 fully saturated rings. The molecule has 0 aromatic heterocycles. The van der Waals surface area contributed by atoms with E-state index in [0.717, 1.165) is 0 Å². The molecule has 2 rings (SSSR count). The van der Waals surface area contributed by atoms with Gasteiger partial charge >= 0.3 is 5.97 Å². The highest BCUT2D eigenvalue weighted by Gasteiger charge is 2.33. The number of hydrogen-bond donors (Lipinski definition) is 3. The molecule has 6 nitrogen and oxygen atoms in total. The summed E-state index contributed by atoms with van der Waals surface area (Å²) in [5.74, 6) is -1.79. The number of carboxylic acids is 1. The third-order valence-corrected chi connectivity index (χ3v) is 3.63. The molecule has 1 saturated carbocycles. The number of benzene rings is 1. The smallest absolute Gasteiger partial charge is 0.306 e. The highest BCUT2D eigenvalue weighted by molar-refractivity contribution is 5.94. The van der Waals surface area contributed by atoms with Crippen molar-refractivity contribution in [2.45, 2.75) is 26.2 Å². The Bertz CT molecular complexity index is 553. The first-order chi connectivity index (χ1) is 9.95. The quantitative estimate of drug-likeness (QED) is 0.791. The van der Waals surface area contributed by atoms with E-state index in [4.69, 9.17) is 5.11 Å². The fourth-order valence-corrected chi connectivity index (χ4v) is 2.53. The molecular formula is C15H18N2O4. The first-order valence-corrected chi connectivity index (χ1v) is 6.87. The molecule has 0 aliphatic heterocycles. The zero-order valence-corrected chi connectivity index (χ0v) is 11.8. The predicted octanol–water partition coefficient (Wildman–Crippen LogP) is 2.08. The fourth-order valence-electron chi connectivity index (χ4n) is 2.53. The second-order valence-corrected chi connectivity index (χ2v) is 5.29. The van der Waals surface area contributed by atoms with Gasteiger partial charge in [0, 0.05) is 24.2 Å². The van der Waals surface area contributed by atoms with Crippen LogP contribution in [0.25, 0.3) is 0 Å². The van der Waals surface area contributed by atoms with Gasteiger partial charge in [-0.15, -0.1) is 0 Å². The molecule has 1 aromatic rings. The summed E-state index contributed by atoms with van der Waals surface area (Å²) in [6.07, 6.45) is 1.55. The summed E-state index contributed by atoms with van der Waals surface area (Å²) in [4.78, 5) is 33.9. The highest BCUT2D eigenvalue weighted by atomic mass is 16.4. The lowest BCUT2D eigenvalue weighted by Crippen LogP contribution is -2.21. The van der Waals surface area contributed by atoms with Crippen LogP contribution < -0.4 is 10.6 Å². The van der Waals surface area contributed by atoms with Crippen molar-refractivity contribution >= 4 is 29.2 Å². The fraction of sp³-hybridized carbons (Fsp3) is 0.400. The van der Waals surface area contributed by atoms with Crippen LogP contribution in [0.3, 0.4) is 0 Å². The number of hydrogen-bond acceptors (Lipinski definition) is 3. The van der Waals surface area contributed by atoms with E-state index >= 15 is 0 Å². The summed E-state index contributed by atoms with van der Waals surface area (Å²) < 4.78 is 0. The Balaban J connectivity index is 1.91. The van der Waals surface area contributed by atoms with Crippen molar-refractivity contribution < 1.29 is 19.5 Å². The van der Waals surface area contributed by atoms with Crippen LogP contribution in [-0.4, -0.2) is 22.9 Å². The lowest BCUT2D eigenvalue weighted by atomic mass is 10.0. The zero-order chi connectivity index (χ0) is 15.4. The number of aliphatic carboxylic acids is 1. The zero-order valence-electron chi connectivity index (χ0n) is 11.8. The maximum atomic E-state index is 12.1. The topological polar surface area (TPSA) is 95.5 Å². The van der Waals surface area contributed by atoms with Gasteiger partial charge in [0.05, 0.1) is 5.92 Å². The van der Waals surface area contributed by atoms with Crippen molar-refractivity contribution in [3.63, 3.8) is 0 Å². The van der Waals surface area contributed by atoms with E-state index in [0.29, 0.717) is 30.6 Å². The standard InChI is InChI=1S/C15H18N2O4/c1-9(18)16-12-4-6-13(7-5-12)17-14(19)10-2-3-11(8-10)15(20)21/h4-7,10-11H,2-3,8H2,1H3,(H,16,18)(H,17,19)(H,20,21)/t10-,11+/m1/s1. The summed E-state index contributed by atoms with van der Waals surface area (Å²) in [5.41, 5.74) is 1.29. The van der Waals surface area contributed by atoms with E-state index in [1.807, 2.05) is 0 Å². The average Bonchev–Trinajstić information content (AvgIpc) is 2.90. The number of rotatable bonds is 4. The van der Waals surface area contributed by atoms with Crippen LogP contribution in [0.2, 0.25) is 0 Å². The van der Waals surface area contributed by atoms with Crippen LogP contribution >= 0.6 is 0 Å². The van der Waals surface area contributed by atoms with Gasteiger partial charge in [-0.25, -0.2) is 0 Å². The predicted molar refractivity (Wildman–Crippen MR) is 77.8 cm³/mol. The summed E-state index contributed by atoms with van der Waals surface area (Å²) in [5, 5.41) is 14.4. The minimum absolute atomic E-state index is 0.147. The molecule has 3 N–H and O–H groups in total. The van der Waals surface area contributed by atoms with Crippen LogP contribution in [0.4, 0.5) is 11.4 Å². The molecule has 0 heterocycles. The molecule has 21 heavy (non-hydrogen) atoms. The monoisotopic (exact) mass is 290 g/mol. The molecule has 0 bridgehead atoms. The van der Waals surface area contributed by atoms with Crippen LogP contribution in [0.15, 0.2) is 24.3 Å². The molecule has 1 aliphatic rings. The number of anilines is 2. The lowest BCUT2D eigenvalue weighted by Gasteiger charge is -2.11. The molecule has 0 unspecified atom stereocenters. The van der Waals surface area contributed by atoms with E-state index in [2.05, 4.69) is 10.6 Å². The van der Waals surface area contributed by atoms with E-state index in [-0.39, 0.29) is 17.7 Å². The lowest BCUT2D eigenvalue weighted by molar-refractivity contribution is -0.141. The highest BCUT2D eigenvalue weighted by Crippen LogP contribution is 2.32. The molecular weight excluding hydrogens is 272 g/mol. The maximum Gasteiger partial charge on any atom is 0.306 e. The number of carbonyl (C=O) groups is 3. The first kappa shape index (κ1) is 15.0. The van der Waals surface area contributed by atoms with Crippen LogP contribution in [0, 0.1) is 11.8 Å². The summed E-state index contributed by atoms with van der Waals surface area (Å²) >= 11 is 0. The van der Waals surface area contributed by atoms with E-state index in [1.165, 1.54) is 6.92 Å². The molecule has 1 aromatic carbocycles. The Morgan fingerprint density at radius 3 is 2.00 bits per heavy atom. The molecule has 0 saturated heterocycles. The SMILES string of the molecule is CC(=O)Nc1ccc(NC(=O)[C@@H]2CC[C@H](C(=O)O)C2)cc1. The third kappa shape index (κ3) is 4.05. The van der Waals surface area contributed by atoms with Gasteiger partial charge in [0.25, 0.3) is 0 Å². The Morgan fingerprint density at radius 1 is 1.00 bits per heavy atom. The molecule has 2 amide bonds. The van der Waals surface area contributed by atoms with Crippen molar-refractivity contribution in [1.82, 2.24) is 0 Å². The van der Waals surface area contributed by atoms with Gasteiger partial charge in [0.2, 0.25) is 11.8 Å². The van der Waals surface area contributed by atoms with Gasteiger partial charge < -0.3 is 15.7 Å². The number of amides is 2. The molecule has 6 heteroatoms. The maximum absolute atomic E-state index is 12.1. The van der Waals surface area contributed by atoms with E-state index < -0.39 is 11.9 Å². The van der Waals surface area contributed by atoms with Crippen LogP contribution in [-0.2, 0) is 14.4 Å².